The number of carboxylic acid groups (broad SMARTS) is 1. The molecule has 2 rings (SSSR count). The largest absolute Gasteiger partial charge is 0.478 e. The van der Waals surface area contributed by atoms with E-state index in [1.165, 1.54) is 18.3 Å². The molecule has 0 radical (unpaired) electrons. The van der Waals surface area contributed by atoms with Crippen LogP contribution in [-0.4, -0.2) is 22.0 Å². The molecule has 2 aromatic rings. The summed E-state index contributed by atoms with van der Waals surface area (Å²) in [4.78, 5) is 26.9. The zero-order chi connectivity index (χ0) is 14.7. The average Bonchev–Trinajstić information content (AvgIpc) is 2.40. The molecule has 0 aliphatic heterocycles. The van der Waals surface area contributed by atoms with E-state index in [4.69, 9.17) is 5.11 Å². The molecule has 1 aromatic carbocycles. The van der Waals surface area contributed by atoms with Crippen LogP contribution in [0.25, 0.3) is 0 Å². The summed E-state index contributed by atoms with van der Waals surface area (Å²) >= 11 is 0. The van der Waals surface area contributed by atoms with Gasteiger partial charge in [0, 0.05) is 18.1 Å². The van der Waals surface area contributed by atoms with Crippen LogP contribution >= 0.6 is 0 Å². The van der Waals surface area contributed by atoms with Crippen LogP contribution in [0.15, 0.2) is 36.7 Å². The molecule has 0 aliphatic rings. The first kappa shape index (κ1) is 13.7. The quantitative estimate of drug-likeness (QED) is 0.898. The summed E-state index contributed by atoms with van der Waals surface area (Å²) in [5.74, 6) is -1.26. The Hall–Kier alpha value is -2.69. The Kier molecular flexibility index (Phi) is 3.79. The van der Waals surface area contributed by atoms with Crippen molar-refractivity contribution in [2.45, 2.75) is 13.8 Å². The molecule has 1 heterocycles. The van der Waals surface area contributed by atoms with Gasteiger partial charge < -0.3 is 10.4 Å². The van der Waals surface area contributed by atoms with Crippen LogP contribution in [-0.2, 0) is 0 Å². The molecule has 5 nitrogen and oxygen atoms in total. The molecule has 1 amide bonds. The van der Waals surface area contributed by atoms with Crippen molar-refractivity contribution in [3.63, 3.8) is 0 Å². The van der Waals surface area contributed by atoms with E-state index >= 15 is 0 Å². The lowest BCUT2D eigenvalue weighted by Crippen LogP contribution is -2.13. The molecule has 102 valence electrons. The van der Waals surface area contributed by atoms with Gasteiger partial charge in [-0.05, 0) is 49.2 Å². The van der Waals surface area contributed by atoms with Crippen molar-refractivity contribution in [1.82, 2.24) is 4.98 Å². The van der Waals surface area contributed by atoms with Crippen LogP contribution in [0.3, 0.4) is 0 Å². The number of aromatic nitrogens is 1. The minimum Gasteiger partial charge on any atom is -0.478 e. The summed E-state index contributed by atoms with van der Waals surface area (Å²) < 4.78 is 0. The molecule has 5 heteroatoms. The first-order valence-electron chi connectivity index (χ1n) is 6.04. The van der Waals surface area contributed by atoms with E-state index in [2.05, 4.69) is 10.3 Å². The minimum atomic E-state index is -0.992. The van der Waals surface area contributed by atoms with Crippen molar-refractivity contribution in [3.8, 4) is 0 Å². The average molecular weight is 270 g/mol. The normalized spacial score (nSPS) is 10.1. The highest BCUT2D eigenvalue weighted by atomic mass is 16.4. The first-order chi connectivity index (χ1) is 9.47. The molecule has 1 aromatic heterocycles. The third-order valence-corrected chi connectivity index (χ3v) is 2.86. The Morgan fingerprint density at radius 1 is 1.10 bits per heavy atom. The van der Waals surface area contributed by atoms with Gasteiger partial charge >= 0.3 is 5.97 Å². The number of nitrogens with one attached hydrogen (secondary N) is 1. The molecule has 0 saturated heterocycles. The number of hydrogen-bond acceptors (Lipinski definition) is 3. The maximum Gasteiger partial charge on any atom is 0.335 e. The zero-order valence-electron chi connectivity index (χ0n) is 11.2. The second kappa shape index (κ2) is 5.52. The van der Waals surface area contributed by atoms with Gasteiger partial charge in [0.2, 0.25) is 0 Å². The fraction of sp³-hybridized carbons (Fsp3) is 0.133. The standard InChI is InChI=1S/C15H14N2O3/c1-9-5-12(8-16-7-9)14(18)17-13-4-3-11(15(19)20)6-10(13)2/h3-8H,1-2H3,(H,17,18)(H,19,20). The van der Waals surface area contributed by atoms with Crippen LogP contribution in [0.2, 0.25) is 0 Å². The van der Waals surface area contributed by atoms with Crippen molar-refractivity contribution in [1.29, 1.82) is 0 Å². The Balaban J connectivity index is 2.22. The van der Waals surface area contributed by atoms with Crippen LogP contribution in [0.4, 0.5) is 5.69 Å². The molecule has 0 aliphatic carbocycles. The lowest BCUT2D eigenvalue weighted by atomic mass is 10.1. The Morgan fingerprint density at radius 2 is 1.85 bits per heavy atom. The number of anilines is 1. The van der Waals surface area contributed by atoms with Crippen LogP contribution < -0.4 is 5.32 Å². The van der Waals surface area contributed by atoms with Gasteiger partial charge in [-0.1, -0.05) is 0 Å². The van der Waals surface area contributed by atoms with Crippen molar-refractivity contribution in [2.75, 3.05) is 5.32 Å². The molecule has 0 saturated carbocycles. The molecule has 0 bridgehead atoms. The second-order valence-corrected chi connectivity index (χ2v) is 4.54. The highest BCUT2D eigenvalue weighted by Gasteiger charge is 2.10. The van der Waals surface area contributed by atoms with Crippen molar-refractivity contribution >= 4 is 17.6 Å². The van der Waals surface area contributed by atoms with Crippen LogP contribution in [0.1, 0.15) is 31.8 Å². The molecule has 0 unspecified atom stereocenters. The predicted octanol–water partition coefficient (Wildman–Crippen LogP) is 2.65. The van der Waals surface area contributed by atoms with Crippen molar-refractivity contribution in [2.24, 2.45) is 0 Å². The number of nitrogens with zero attached hydrogens (tertiary/aromatic N) is 1. The van der Waals surface area contributed by atoms with Gasteiger partial charge in [0.1, 0.15) is 0 Å². The highest BCUT2D eigenvalue weighted by Crippen LogP contribution is 2.17. The van der Waals surface area contributed by atoms with E-state index in [1.807, 2.05) is 6.92 Å². The summed E-state index contributed by atoms with van der Waals surface area (Å²) in [6.45, 7) is 3.60. The number of pyridine rings is 1. The first-order valence-corrected chi connectivity index (χ1v) is 6.04. The summed E-state index contributed by atoms with van der Waals surface area (Å²) in [6.07, 6.45) is 3.16. The molecule has 0 spiro atoms. The third kappa shape index (κ3) is 3.00. The van der Waals surface area contributed by atoms with Gasteiger partial charge in [0.25, 0.3) is 5.91 Å². The minimum absolute atomic E-state index is 0.192. The number of aryl methyl sites for hydroxylation is 2. The van der Waals surface area contributed by atoms with Gasteiger partial charge in [-0.2, -0.15) is 0 Å². The number of carboxylic acids is 1. The summed E-state index contributed by atoms with van der Waals surface area (Å²) in [7, 11) is 0. The van der Waals surface area contributed by atoms with Gasteiger partial charge in [-0.25, -0.2) is 4.79 Å². The van der Waals surface area contributed by atoms with Gasteiger partial charge in [0.05, 0.1) is 11.1 Å². The molecular weight excluding hydrogens is 256 g/mol. The van der Waals surface area contributed by atoms with E-state index in [1.54, 1.807) is 25.3 Å². The summed E-state index contributed by atoms with van der Waals surface area (Å²) in [5.41, 5.74) is 2.83. The lowest BCUT2D eigenvalue weighted by molar-refractivity contribution is 0.0696. The molecule has 0 fully saturated rings. The number of carbonyl (C=O) groups is 2. The van der Waals surface area contributed by atoms with E-state index in [0.717, 1.165) is 5.56 Å². The smallest absolute Gasteiger partial charge is 0.335 e. The fourth-order valence-corrected chi connectivity index (χ4v) is 1.81. The van der Waals surface area contributed by atoms with Gasteiger partial charge in [-0.3, -0.25) is 9.78 Å². The molecular formula is C15H14N2O3. The Labute approximate surface area is 116 Å². The van der Waals surface area contributed by atoms with E-state index in [0.29, 0.717) is 16.8 Å². The molecule has 20 heavy (non-hydrogen) atoms. The number of rotatable bonds is 3. The fourth-order valence-electron chi connectivity index (χ4n) is 1.81. The maximum atomic E-state index is 12.1. The number of carbonyl (C=O) groups excluding carboxylic acids is 1. The SMILES string of the molecule is Cc1cncc(C(=O)Nc2ccc(C(=O)O)cc2C)c1. The number of amides is 1. The monoisotopic (exact) mass is 270 g/mol. The van der Waals surface area contributed by atoms with Crippen LogP contribution in [0.5, 0.6) is 0 Å². The predicted molar refractivity (Wildman–Crippen MR) is 75.1 cm³/mol. The number of aromatic carboxylic acids is 1. The maximum absolute atomic E-state index is 12.1. The van der Waals surface area contributed by atoms with E-state index in [-0.39, 0.29) is 11.5 Å². The Bertz CT molecular complexity index is 681. The van der Waals surface area contributed by atoms with Crippen LogP contribution in [0, 0.1) is 13.8 Å². The molecule has 0 atom stereocenters. The zero-order valence-corrected chi connectivity index (χ0v) is 11.2. The topological polar surface area (TPSA) is 79.3 Å². The van der Waals surface area contributed by atoms with Gasteiger partial charge in [0.15, 0.2) is 0 Å². The third-order valence-electron chi connectivity index (χ3n) is 2.86. The molecule has 2 N–H and O–H groups in total. The van der Waals surface area contributed by atoms with Crippen molar-refractivity contribution < 1.29 is 14.7 Å². The summed E-state index contributed by atoms with van der Waals surface area (Å²) in [6, 6.07) is 6.30. The van der Waals surface area contributed by atoms with E-state index in [9.17, 15) is 9.59 Å². The second-order valence-electron chi connectivity index (χ2n) is 4.54. The van der Waals surface area contributed by atoms with Gasteiger partial charge in [-0.15, -0.1) is 0 Å². The summed E-state index contributed by atoms with van der Waals surface area (Å²) in [5, 5.41) is 11.6. The number of hydrogen-bond donors (Lipinski definition) is 2. The lowest BCUT2D eigenvalue weighted by Gasteiger charge is -2.09. The Morgan fingerprint density at radius 3 is 2.45 bits per heavy atom. The number of benzene rings is 1. The van der Waals surface area contributed by atoms with E-state index < -0.39 is 5.97 Å². The highest BCUT2D eigenvalue weighted by molar-refractivity contribution is 6.04. The van der Waals surface area contributed by atoms with Crippen molar-refractivity contribution in [3.05, 3.63) is 58.9 Å².